The number of phenolic OH excluding ortho intramolecular Hbond substituents is 1. The van der Waals surface area contributed by atoms with Gasteiger partial charge in [0, 0.05) is 31.7 Å². The second-order valence-electron chi connectivity index (χ2n) is 19.5. The van der Waals surface area contributed by atoms with Crippen LogP contribution in [0.4, 0.5) is 0 Å². The minimum Gasteiger partial charge on any atom is -0.508 e. The van der Waals surface area contributed by atoms with Crippen molar-refractivity contribution in [2.24, 2.45) is 33.7 Å². The third-order valence-corrected chi connectivity index (χ3v) is 14.6. The van der Waals surface area contributed by atoms with Crippen LogP contribution in [0.15, 0.2) is 29.3 Å². The first-order valence-corrected chi connectivity index (χ1v) is 26.5. The lowest BCUT2D eigenvalue weighted by Crippen LogP contribution is -2.66. The van der Waals surface area contributed by atoms with Crippen molar-refractivity contribution < 1.29 is 57.8 Å². The molecule has 76 heavy (non-hydrogen) atoms. The molecule has 0 radical (unpaired) electrons. The molecule has 0 unspecified atom stereocenters. The van der Waals surface area contributed by atoms with Gasteiger partial charge in [-0.3, -0.25) is 57.7 Å². The highest BCUT2D eigenvalue weighted by molar-refractivity contribution is 7.82. The van der Waals surface area contributed by atoms with Crippen LogP contribution in [0, 0.1) is 0 Å². The average Bonchev–Trinajstić information content (AvgIpc) is 3.87. The van der Waals surface area contributed by atoms with E-state index in [1.165, 1.54) is 17.0 Å². The molecule has 6 atom stereocenters. The van der Waals surface area contributed by atoms with Crippen LogP contribution in [0.5, 0.6) is 5.75 Å². The third-order valence-electron chi connectivity index (χ3n) is 13.6. The average molecular weight is 1100 g/mol. The summed E-state index contributed by atoms with van der Waals surface area (Å²) in [5, 5.41) is 28.1. The summed E-state index contributed by atoms with van der Waals surface area (Å²) in [6.45, 7) is -0.349. The van der Waals surface area contributed by atoms with Crippen molar-refractivity contribution in [3.05, 3.63) is 29.8 Å². The normalized spacial score (nSPS) is 18.6. The Morgan fingerprint density at radius 1 is 0.658 bits per heavy atom. The number of thiol groups is 2. The Morgan fingerprint density at radius 3 is 1.84 bits per heavy atom. The van der Waals surface area contributed by atoms with Gasteiger partial charge in [0.05, 0.1) is 17.7 Å². The Kier molecular flexibility index (Phi) is 23.9. The number of aromatic hydroxyl groups is 1. The highest BCUT2D eigenvalue weighted by atomic mass is 32.1. The topological polar surface area (TPSA) is 438 Å². The molecule has 2 saturated carbocycles. The molecular formula is C48H74N14O12S2. The molecule has 1 saturated heterocycles. The van der Waals surface area contributed by atoms with Gasteiger partial charge in [0.2, 0.25) is 65.0 Å². The SMILES string of the molecule is NC(=O)CC[C@H](NC(=O)C1(NC(=O)[C@H](Cc2ccc(O)cc2)NC(=O)C2(S)CCCCC2)CCCCC1)C(=O)N[C@@H](CC(N)=O)C(=O)N[C@@H](CS)C(=O)N1CCC[C@H]1C(=O)N[C@H](CCCN=C(N)N)C(=O)NCC(N)=O. The second-order valence-corrected chi connectivity index (χ2v) is 20.7. The third kappa shape index (κ3) is 18.8. The molecule has 0 aromatic heterocycles. The standard InChI is InChI=1S/C48H74N14O12S2/c49-35(64)16-15-30(59-44(73)47(17-3-1-4-18-47)61-41(70)31(23-27-11-13-28(63)14-12-27)60-45(74)48(76)19-5-2-6-20-48)39(68)57-32(24-36(50)65)40(69)58-33(26-75)43(72)62-22-8-10-34(62)42(71)56-29(9-7-21-54-46(52)53)38(67)55-25-37(51)66/h11-14,29-34,63,75-76H,1-10,15-26H2,(H2,49,64)(H2,50,65)(H2,51,66)(H,55,67)(H,56,71)(H,57,68)(H,58,69)(H,59,73)(H,60,74)(H,61,70)(H4,52,53,54)/t29-,30+,31+,32+,33+,34+/m1/s1. The van der Waals surface area contributed by atoms with Gasteiger partial charge in [-0.1, -0.05) is 50.7 Å². The molecule has 11 amide bonds. The van der Waals surface area contributed by atoms with Gasteiger partial charge in [0.1, 0.15) is 47.5 Å². The zero-order valence-corrected chi connectivity index (χ0v) is 44.2. The summed E-state index contributed by atoms with van der Waals surface area (Å²) in [7, 11) is 0. The van der Waals surface area contributed by atoms with E-state index in [-0.39, 0.29) is 69.1 Å². The number of amides is 11. The molecular weight excluding hydrogens is 1030 g/mol. The predicted octanol–water partition coefficient (Wildman–Crippen LogP) is -3.47. The molecule has 0 spiro atoms. The number of carbonyl (C=O) groups is 11. The molecule has 1 aromatic rings. The Labute approximate surface area is 451 Å². The first-order valence-electron chi connectivity index (χ1n) is 25.4. The van der Waals surface area contributed by atoms with Crippen LogP contribution in [0.3, 0.4) is 0 Å². The highest BCUT2D eigenvalue weighted by Gasteiger charge is 2.46. The van der Waals surface area contributed by atoms with Gasteiger partial charge in [0.25, 0.3) is 0 Å². The smallest absolute Gasteiger partial charge is 0.246 e. The lowest BCUT2D eigenvalue weighted by molar-refractivity contribution is -0.142. The number of primary amides is 3. The van der Waals surface area contributed by atoms with Crippen LogP contribution in [0.1, 0.15) is 115 Å². The van der Waals surface area contributed by atoms with Crippen molar-refractivity contribution in [2.75, 3.05) is 25.4 Å². The van der Waals surface area contributed by atoms with Crippen LogP contribution < -0.4 is 65.9 Å². The summed E-state index contributed by atoms with van der Waals surface area (Å²) in [6, 6.07) is -2.29. The van der Waals surface area contributed by atoms with Crippen LogP contribution in [0.25, 0.3) is 0 Å². The van der Waals surface area contributed by atoms with Gasteiger partial charge in [-0.25, -0.2) is 0 Å². The van der Waals surface area contributed by atoms with Crippen molar-refractivity contribution in [2.45, 2.75) is 162 Å². The quantitative estimate of drug-likeness (QED) is 0.0168. The maximum Gasteiger partial charge on any atom is 0.246 e. The van der Waals surface area contributed by atoms with Gasteiger partial charge in [-0.15, -0.1) is 0 Å². The van der Waals surface area contributed by atoms with Crippen LogP contribution >= 0.6 is 25.3 Å². The van der Waals surface area contributed by atoms with Crippen LogP contribution in [0.2, 0.25) is 0 Å². The number of benzene rings is 1. The number of hydrogen-bond acceptors (Lipinski definition) is 15. The van der Waals surface area contributed by atoms with Gasteiger partial charge in [-0.2, -0.15) is 25.3 Å². The number of guanidine groups is 1. The molecule has 0 bridgehead atoms. The van der Waals surface area contributed by atoms with Crippen molar-refractivity contribution >= 4 is 96.2 Å². The number of nitrogens with zero attached hydrogens (tertiary/aromatic N) is 2. The van der Waals surface area contributed by atoms with E-state index in [9.17, 15) is 57.8 Å². The number of nitrogens with one attached hydrogen (secondary N) is 7. The number of likely N-dealkylation sites (tertiary alicyclic amines) is 1. The lowest BCUT2D eigenvalue weighted by Gasteiger charge is -2.39. The fraction of sp³-hybridized carbons (Fsp3) is 0.625. The minimum atomic E-state index is -1.77. The van der Waals surface area contributed by atoms with Gasteiger partial charge < -0.3 is 75.9 Å². The summed E-state index contributed by atoms with van der Waals surface area (Å²) < 4.78 is -1.03. The molecule has 1 aromatic carbocycles. The zero-order chi connectivity index (χ0) is 56.2. The Balaban J connectivity index is 1.52. The number of aliphatic imine (C=N–C) groups is 1. The summed E-state index contributed by atoms with van der Waals surface area (Å²) >= 11 is 8.99. The molecule has 4 rings (SSSR count). The molecule has 3 fully saturated rings. The zero-order valence-electron chi connectivity index (χ0n) is 42.4. The molecule has 26 nitrogen and oxygen atoms in total. The number of phenols is 1. The van der Waals surface area contributed by atoms with Crippen LogP contribution in [-0.4, -0.2) is 153 Å². The van der Waals surface area contributed by atoms with E-state index in [4.69, 9.17) is 41.3 Å². The Bertz CT molecular complexity index is 2310. The first-order chi connectivity index (χ1) is 36.0. The lowest BCUT2D eigenvalue weighted by atomic mass is 9.80. The van der Waals surface area contributed by atoms with Gasteiger partial charge >= 0.3 is 0 Å². The minimum absolute atomic E-state index is 0.0125. The number of hydrogen-bond donors (Lipinski definition) is 15. The number of carbonyl (C=O) groups excluding carboxylic acids is 11. The maximum atomic E-state index is 14.6. The van der Waals surface area contributed by atoms with Gasteiger partial charge in [-0.05, 0) is 75.5 Å². The van der Waals surface area contributed by atoms with Crippen molar-refractivity contribution in [3.8, 4) is 5.75 Å². The largest absolute Gasteiger partial charge is 0.508 e. The Hall–Kier alpha value is -6.84. The predicted molar refractivity (Wildman–Crippen MR) is 283 cm³/mol. The van der Waals surface area contributed by atoms with Crippen molar-refractivity contribution in [1.29, 1.82) is 0 Å². The van der Waals surface area contributed by atoms with Gasteiger partial charge in [0.15, 0.2) is 5.96 Å². The Morgan fingerprint density at radius 2 is 1.25 bits per heavy atom. The summed E-state index contributed by atoms with van der Waals surface area (Å²) in [6.07, 6.45) is 4.45. The maximum absolute atomic E-state index is 14.6. The van der Waals surface area contributed by atoms with Crippen molar-refractivity contribution in [3.63, 3.8) is 0 Å². The second kappa shape index (κ2) is 29.5. The summed E-state index contributed by atoms with van der Waals surface area (Å²) in [5.74, 6) is -9.62. The molecule has 1 aliphatic heterocycles. The molecule has 28 heteroatoms. The van der Waals surface area contributed by atoms with E-state index in [2.05, 4.69) is 54.8 Å². The fourth-order valence-electron chi connectivity index (χ4n) is 9.45. The molecule has 420 valence electrons. The molecule has 18 N–H and O–H groups in total. The van der Waals surface area contributed by atoms with Crippen LogP contribution in [-0.2, 0) is 59.2 Å². The summed E-state index contributed by atoms with van der Waals surface area (Å²) in [4.78, 5) is 153. The molecule has 1 heterocycles. The van der Waals surface area contributed by atoms with E-state index in [1.54, 1.807) is 12.1 Å². The summed E-state index contributed by atoms with van der Waals surface area (Å²) in [5.41, 5.74) is 25.9. The van der Waals surface area contributed by atoms with E-state index in [1.807, 2.05) is 0 Å². The highest BCUT2D eigenvalue weighted by Crippen LogP contribution is 2.34. The monoisotopic (exact) mass is 1100 g/mol. The van der Waals surface area contributed by atoms with Crippen molar-refractivity contribution in [1.82, 2.24) is 42.1 Å². The fourth-order valence-corrected chi connectivity index (χ4v) is 10.1. The van der Waals surface area contributed by atoms with E-state index >= 15 is 0 Å². The van der Waals surface area contributed by atoms with E-state index < -0.39 is 137 Å². The molecule has 2 aliphatic carbocycles. The number of rotatable bonds is 28. The first kappa shape index (κ1) is 61.7. The number of nitrogens with two attached hydrogens (primary N) is 5. The van der Waals surface area contributed by atoms with E-state index in [0.29, 0.717) is 44.1 Å². The molecule has 3 aliphatic rings. The van der Waals surface area contributed by atoms with E-state index in [0.717, 1.165) is 19.3 Å².